The molecule has 1 amide bonds. The lowest BCUT2D eigenvalue weighted by atomic mass is 10.1. The summed E-state index contributed by atoms with van der Waals surface area (Å²) in [6.45, 7) is 4.05. The molecule has 0 bridgehead atoms. The topological polar surface area (TPSA) is 46.3 Å². The molecule has 16 heavy (non-hydrogen) atoms. The van der Waals surface area contributed by atoms with Crippen molar-refractivity contribution in [2.75, 3.05) is 11.9 Å². The van der Waals surface area contributed by atoms with Gasteiger partial charge in [0.05, 0.1) is 6.04 Å². The first-order valence-electron chi connectivity index (χ1n) is 5.66. The van der Waals surface area contributed by atoms with Gasteiger partial charge in [-0.1, -0.05) is 31.0 Å². The third kappa shape index (κ3) is 3.07. The number of hydrogen-bond donors (Lipinski definition) is 1. The molecule has 0 radical (unpaired) electrons. The summed E-state index contributed by atoms with van der Waals surface area (Å²) >= 11 is 0. The van der Waals surface area contributed by atoms with E-state index < -0.39 is 6.04 Å². The number of amides is 1. The van der Waals surface area contributed by atoms with E-state index in [1.807, 2.05) is 38.1 Å². The number of hydrogen-bond acceptors (Lipinski definition) is 2. The molecule has 0 aliphatic carbocycles. The van der Waals surface area contributed by atoms with E-state index in [2.05, 4.69) is 0 Å². The number of carbonyl (C=O) groups excluding carboxylic acids is 1. The molecule has 0 heterocycles. The molecule has 2 N–H and O–H groups in total. The standard InChI is InChI=1S/C13H20N2O/c1-4-5-12(14)13(16)15(3)11-8-6-10(2)7-9-11/h6-9,12H,4-5,14H2,1-3H3/t12-/m0/s1. The van der Waals surface area contributed by atoms with Crippen LogP contribution < -0.4 is 10.6 Å². The van der Waals surface area contributed by atoms with Crippen molar-refractivity contribution in [2.24, 2.45) is 5.73 Å². The monoisotopic (exact) mass is 220 g/mol. The molecule has 0 saturated carbocycles. The minimum absolute atomic E-state index is 0.0225. The summed E-state index contributed by atoms with van der Waals surface area (Å²) in [5.41, 5.74) is 7.88. The molecule has 3 heteroatoms. The van der Waals surface area contributed by atoms with Crippen LogP contribution in [0.25, 0.3) is 0 Å². The Morgan fingerprint density at radius 3 is 2.44 bits per heavy atom. The third-order valence-electron chi connectivity index (χ3n) is 2.67. The summed E-state index contributed by atoms with van der Waals surface area (Å²) in [4.78, 5) is 13.5. The summed E-state index contributed by atoms with van der Waals surface area (Å²) < 4.78 is 0. The second-order valence-electron chi connectivity index (χ2n) is 4.13. The van der Waals surface area contributed by atoms with Crippen molar-refractivity contribution in [3.05, 3.63) is 29.8 Å². The number of anilines is 1. The fourth-order valence-electron chi connectivity index (χ4n) is 1.58. The lowest BCUT2D eigenvalue weighted by Gasteiger charge is -2.21. The highest BCUT2D eigenvalue weighted by atomic mass is 16.2. The molecule has 0 aliphatic heterocycles. The molecule has 1 aromatic rings. The zero-order chi connectivity index (χ0) is 12.1. The average molecular weight is 220 g/mol. The van der Waals surface area contributed by atoms with Crippen molar-refractivity contribution < 1.29 is 4.79 Å². The van der Waals surface area contributed by atoms with Gasteiger partial charge >= 0.3 is 0 Å². The number of nitrogens with zero attached hydrogens (tertiary/aromatic N) is 1. The Labute approximate surface area is 97.2 Å². The molecule has 3 nitrogen and oxygen atoms in total. The zero-order valence-corrected chi connectivity index (χ0v) is 10.2. The minimum Gasteiger partial charge on any atom is -0.320 e. The van der Waals surface area contributed by atoms with Gasteiger partial charge in [-0.15, -0.1) is 0 Å². The summed E-state index contributed by atoms with van der Waals surface area (Å²) in [5.74, 6) is -0.0225. The van der Waals surface area contributed by atoms with Crippen LogP contribution in [0, 0.1) is 6.92 Å². The number of nitrogens with two attached hydrogens (primary N) is 1. The Morgan fingerprint density at radius 1 is 1.38 bits per heavy atom. The number of carbonyl (C=O) groups is 1. The Balaban J connectivity index is 2.73. The van der Waals surface area contributed by atoms with Gasteiger partial charge in [-0.3, -0.25) is 4.79 Å². The van der Waals surface area contributed by atoms with Crippen molar-refractivity contribution in [3.63, 3.8) is 0 Å². The minimum atomic E-state index is -0.392. The van der Waals surface area contributed by atoms with Crippen LogP contribution in [-0.2, 0) is 4.79 Å². The lowest BCUT2D eigenvalue weighted by molar-refractivity contribution is -0.119. The van der Waals surface area contributed by atoms with Gasteiger partial charge in [0.2, 0.25) is 5.91 Å². The van der Waals surface area contributed by atoms with Crippen molar-refractivity contribution in [1.82, 2.24) is 0 Å². The Kier molecular flexibility index (Phi) is 4.50. The molecular formula is C13H20N2O. The van der Waals surface area contributed by atoms with E-state index in [1.165, 1.54) is 5.56 Å². The molecule has 1 atom stereocenters. The summed E-state index contributed by atoms with van der Waals surface area (Å²) in [6, 6.07) is 7.46. The molecule has 1 aromatic carbocycles. The van der Waals surface area contributed by atoms with Crippen LogP contribution in [0.15, 0.2) is 24.3 Å². The van der Waals surface area contributed by atoms with E-state index in [-0.39, 0.29) is 5.91 Å². The Morgan fingerprint density at radius 2 is 1.94 bits per heavy atom. The maximum atomic E-state index is 11.9. The van der Waals surface area contributed by atoms with Gasteiger partial charge in [0.1, 0.15) is 0 Å². The van der Waals surface area contributed by atoms with E-state index in [0.717, 1.165) is 18.5 Å². The van der Waals surface area contributed by atoms with E-state index in [1.54, 1.807) is 11.9 Å². The molecule has 0 unspecified atom stereocenters. The highest BCUT2D eigenvalue weighted by Gasteiger charge is 2.17. The van der Waals surface area contributed by atoms with E-state index in [9.17, 15) is 4.79 Å². The van der Waals surface area contributed by atoms with Crippen molar-refractivity contribution >= 4 is 11.6 Å². The van der Waals surface area contributed by atoms with Gasteiger partial charge in [-0.05, 0) is 25.5 Å². The molecule has 0 aromatic heterocycles. The highest BCUT2D eigenvalue weighted by Crippen LogP contribution is 2.14. The fourth-order valence-corrected chi connectivity index (χ4v) is 1.58. The first kappa shape index (κ1) is 12.7. The van der Waals surface area contributed by atoms with Gasteiger partial charge in [0.25, 0.3) is 0 Å². The van der Waals surface area contributed by atoms with Crippen LogP contribution in [0.5, 0.6) is 0 Å². The molecular weight excluding hydrogens is 200 g/mol. The van der Waals surface area contributed by atoms with Crippen LogP contribution >= 0.6 is 0 Å². The molecule has 0 spiro atoms. The largest absolute Gasteiger partial charge is 0.320 e. The lowest BCUT2D eigenvalue weighted by Crippen LogP contribution is -2.41. The third-order valence-corrected chi connectivity index (χ3v) is 2.67. The van der Waals surface area contributed by atoms with Gasteiger partial charge in [-0.2, -0.15) is 0 Å². The van der Waals surface area contributed by atoms with Crippen molar-refractivity contribution in [3.8, 4) is 0 Å². The van der Waals surface area contributed by atoms with Crippen LogP contribution in [0.1, 0.15) is 25.3 Å². The molecule has 88 valence electrons. The van der Waals surface area contributed by atoms with E-state index >= 15 is 0 Å². The quantitative estimate of drug-likeness (QED) is 0.844. The average Bonchev–Trinajstić information content (AvgIpc) is 2.28. The number of rotatable bonds is 4. The predicted octanol–water partition coefficient (Wildman–Crippen LogP) is 2.09. The van der Waals surface area contributed by atoms with Crippen LogP contribution in [0.4, 0.5) is 5.69 Å². The number of benzene rings is 1. The Hall–Kier alpha value is -1.35. The SMILES string of the molecule is CCC[C@H](N)C(=O)N(C)c1ccc(C)cc1. The van der Waals surface area contributed by atoms with Crippen LogP contribution in [0.2, 0.25) is 0 Å². The number of aryl methyl sites for hydroxylation is 1. The Bertz CT molecular complexity index is 345. The maximum absolute atomic E-state index is 11.9. The second-order valence-corrected chi connectivity index (χ2v) is 4.13. The maximum Gasteiger partial charge on any atom is 0.243 e. The number of likely N-dealkylation sites (N-methyl/N-ethyl adjacent to an activating group) is 1. The van der Waals surface area contributed by atoms with Gasteiger partial charge in [-0.25, -0.2) is 0 Å². The first-order valence-corrected chi connectivity index (χ1v) is 5.66. The van der Waals surface area contributed by atoms with Gasteiger partial charge < -0.3 is 10.6 Å². The van der Waals surface area contributed by atoms with Crippen molar-refractivity contribution in [2.45, 2.75) is 32.7 Å². The zero-order valence-electron chi connectivity index (χ0n) is 10.2. The van der Waals surface area contributed by atoms with Gasteiger partial charge in [0, 0.05) is 12.7 Å². The summed E-state index contributed by atoms with van der Waals surface area (Å²) in [6.07, 6.45) is 1.66. The molecule has 0 fully saturated rings. The van der Waals surface area contributed by atoms with Crippen LogP contribution in [-0.4, -0.2) is 19.0 Å². The molecule has 1 rings (SSSR count). The second kappa shape index (κ2) is 5.66. The van der Waals surface area contributed by atoms with Gasteiger partial charge in [0.15, 0.2) is 0 Å². The predicted molar refractivity (Wildman–Crippen MR) is 67.5 cm³/mol. The molecule has 0 saturated heterocycles. The smallest absolute Gasteiger partial charge is 0.243 e. The molecule has 0 aliphatic rings. The highest BCUT2D eigenvalue weighted by molar-refractivity contribution is 5.96. The van der Waals surface area contributed by atoms with E-state index in [4.69, 9.17) is 5.73 Å². The normalized spacial score (nSPS) is 12.2. The summed E-state index contributed by atoms with van der Waals surface area (Å²) in [5, 5.41) is 0. The summed E-state index contributed by atoms with van der Waals surface area (Å²) in [7, 11) is 1.77. The van der Waals surface area contributed by atoms with Crippen molar-refractivity contribution in [1.29, 1.82) is 0 Å². The van der Waals surface area contributed by atoms with E-state index in [0.29, 0.717) is 0 Å². The fraction of sp³-hybridized carbons (Fsp3) is 0.462. The first-order chi connectivity index (χ1) is 7.56. The van der Waals surface area contributed by atoms with Crippen LogP contribution in [0.3, 0.4) is 0 Å².